The summed E-state index contributed by atoms with van der Waals surface area (Å²) >= 11 is 17.5. The predicted molar refractivity (Wildman–Crippen MR) is 98.5 cm³/mol. The van der Waals surface area contributed by atoms with Crippen LogP contribution in [-0.2, 0) is 9.53 Å². The van der Waals surface area contributed by atoms with Crippen molar-refractivity contribution in [3.63, 3.8) is 0 Å². The molecule has 0 atom stereocenters. The van der Waals surface area contributed by atoms with Crippen LogP contribution in [0.2, 0.25) is 15.2 Å². The third-order valence-electron chi connectivity index (χ3n) is 3.48. The van der Waals surface area contributed by atoms with Crippen LogP contribution in [-0.4, -0.2) is 23.5 Å². The molecule has 0 aliphatic rings. The number of aromatic nitrogens is 1. The van der Waals surface area contributed by atoms with Crippen molar-refractivity contribution in [1.29, 1.82) is 0 Å². The third-order valence-corrected chi connectivity index (χ3v) is 4.61. The number of halogens is 3. The van der Waals surface area contributed by atoms with Gasteiger partial charge in [-0.2, -0.15) is 0 Å². The van der Waals surface area contributed by atoms with Crippen molar-refractivity contribution in [2.45, 2.75) is 13.8 Å². The first-order valence-electron chi connectivity index (χ1n) is 7.05. The highest BCUT2D eigenvalue weighted by atomic mass is 35.5. The number of esters is 1. The van der Waals surface area contributed by atoms with Crippen molar-refractivity contribution in [2.75, 3.05) is 17.7 Å². The number of carbonyl (C=O) groups is 2. The zero-order valence-corrected chi connectivity index (χ0v) is 15.6. The van der Waals surface area contributed by atoms with Crippen molar-refractivity contribution in [3.8, 4) is 0 Å². The van der Waals surface area contributed by atoms with Crippen LogP contribution < -0.4 is 11.1 Å². The first kappa shape index (κ1) is 19.3. The average Bonchev–Trinajstić information content (AvgIpc) is 2.58. The molecule has 0 spiro atoms. The van der Waals surface area contributed by atoms with Crippen LogP contribution in [0.4, 0.5) is 11.4 Å². The SMILES string of the molecule is Cc1cccc(NC(=O)COC(=O)c2nc(Cl)c(Cl)c(N)c2Cl)c1C. The van der Waals surface area contributed by atoms with E-state index in [9.17, 15) is 9.59 Å². The topological polar surface area (TPSA) is 94.3 Å². The van der Waals surface area contributed by atoms with Crippen molar-refractivity contribution in [1.82, 2.24) is 4.98 Å². The maximum Gasteiger partial charge on any atom is 0.359 e. The molecule has 0 saturated carbocycles. The van der Waals surface area contributed by atoms with E-state index >= 15 is 0 Å². The standard InChI is InChI=1S/C16H14Cl3N3O3/c1-7-4-3-5-9(8(7)2)21-10(23)6-25-16(24)14-11(17)13(20)12(18)15(19)22-14/h3-5H,6H2,1-2H3,(H2,20,22)(H,21,23). The molecule has 25 heavy (non-hydrogen) atoms. The summed E-state index contributed by atoms with van der Waals surface area (Å²) in [5.41, 5.74) is 7.82. The van der Waals surface area contributed by atoms with E-state index in [4.69, 9.17) is 45.3 Å². The second kappa shape index (κ2) is 7.91. The largest absolute Gasteiger partial charge is 0.451 e. The Morgan fingerprint density at radius 1 is 1.20 bits per heavy atom. The lowest BCUT2D eigenvalue weighted by molar-refractivity contribution is -0.119. The second-order valence-corrected chi connectivity index (χ2v) is 6.28. The van der Waals surface area contributed by atoms with Gasteiger partial charge in [0.25, 0.3) is 5.91 Å². The van der Waals surface area contributed by atoms with Crippen LogP contribution >= 0.6 is 34.8 Å². The zero-order valence-electron chi connectivity index (χ0n) is 13.3. The number of hydrogen-bond acceptors (Lipinski definition) is 5. The number of nitrogens with zero attached hydrogens (tertiary/aromatic N) is 1. The fourth-order valence-electron chi connectivity index (χ4n) is 1.94. The van der Waals surface area contributed by atoms with Crippen molar-refractivity contribution >= 4 is 58.1 Å². The minimum absolute atomic E-state index is 0.0594. The van der Waals surface area contributed by atoms with Crippen LogP contribution in [0, 0.1) is 13.8 Å². The van der Waals surface area contributed by atoms with E-state index < -0.39 is 18.5 Å². The smallest absolute Gasteiger partial charge is 0.359 e. The van der Waals surface area contributed by atoms with Gasteiger partial charge in [0.2, 0.25) is 0 Å². The number of pyridine rings is 1. The summed E-state index contributed by atoms with van der Waals surface area (Å²) < 4.78 is 4.91. The summed E-state index contributed by atoms with van der Waals surface area (Å²) in [6, 6.07) is 5.49. The highest BCUT2D eigenvalue weighted by Gasteiger charge is 2.21. The first-order valence-corrected chi connectivity index (χ1v) is 8.19. The number of aryl methyl sites for hydroxylation is 1. The number of ether oxygens (including phenoxy) is 1. The molecule has 2 rings (SSSR count). The quantitative estimate of drug-likeness (QED) is 0.594. The summed E-state index contributed by atoms with van der Waals surface area (Å²) in [6.45, 7) is 3.27. The Balaban J connectivity index is 2.05. The van der Waals surface area contributed by atoms with Crippen LogP contribution in [0.25, 0.3) is 0 Å². The number of benzene rings is 1. The minimum Gasteiger partial charge on any atom is -0.451 e. The molecule has 0 unspecified atom stereocenters. The molecular formula is C16H14Cl3N3O3. The number of anilines is 2. The molecule has 3 N–H and O–H groups in total. The summed E-state index contributed by atoms with van der Waals surface area (Å²) in [5.74, 6) is -1.45. The van der Waals surface area contributed by atoms with Crippen LogP contribution in [0.3, 0.4) is 0 Å². The maximum absolute atomic E-state index is 12.1. The monoisotopic (exact) mass is 401 g/mol. The number of nitrogen functional groups attached to an aromatic ring is 1. The van der Waals surface area contributed by atoms with Gasteiger partial charge in [0.15, 0.2) is 17.5 Å². The second-order valence-electron chi connectivity index (χ2n) is 5.16. The number of rotatable bonds is 4. The molecule has 6 nitrogen and oxygen atoms in total. The maximum atomic E-state index is 12.1. The Morgan fingerprint density at radius 3 is 2.56 bits per heavy atom. The van der Waals surface area contributed by atoms with Gasteiger partial charge < -0.3 is 15.8 Å². The number of amides is 1. The van der Waals surface area contributed by atoms with Crippen LogP contribution in [0.5, 0.6) is 0 Å². The molecule has 0 saturated heterocycles. The summed E-state index contributed by atoms with van der Waals surface area (Å²) in [4.78, 5) is 27.8. The Kier molecular flexibility index (Phi) is 6.11. The van der Waals surface area contributed by atoms with E-state index in [-0.39, 0.29) is 26.6 Å². The Bertz CT molecular complexity index is 856. The van der Waals surface area contributed by atoms with E-state index in [2.05, 4.69) is 10.3 Å². The van der Waals surface area contributed by atoms with Crippen molar-refractivity contribution in [3.05, 3.63) is 50.2 Å². The van der Waals surface area contributed by atoms with Gasteiger partial charge in [0, 0.05) is 5.69 Å². The summed E-state index contributed by atoms with van der Waals surface area (Å²) in [5, 5.41) is 2.23. The van der Waals surface area contributed by atoms with Gasteiger partial charge in [0.1, 0.15) is 5.02 Å². The predicted octanol–water partition coefficient (Wildman–Crippen LogP) is 4.04. The Labute approximate surface area is 159 Å². The van der Waals surface area contributed by atoms with Crippen molar-refractivity contribution < 1.29 is 14.3 Å². The number of nitrogens with two attached hydrogens (primary N) is 1. The zero-order chi connectivity index (χ0) is 18.7. The van der Waals surface area contributed by atoms with E-state index in [1.54, 1.807) is 6.07 Å². The molecule has 0 aliphatic heterocycles. The number of nitrogens with one attached hydrogen (secondary N) is 1. The van der Waals surface area contributed by atoms with Crippen LogP contribution in [0.15, 0.2) is 18.2 Å². The van der Waals surface area contributed by atoms with E-state index in [0.29, 0.717) is 5.69 Å². The van der Waals surface area contributed by atoms with Gasteiger partial charge in [-0.15, -0.1) is 0 Å². The molecule has 132 valence electrons. The van der Waals surface area contributed by atoms with Crippen LogP contribution in [0.1, 0.15) is 21.6 Å². The summed E-state index contributed by atoms with van der Waals surface area (Å²) in [6.07, 6.45) is 0. The fraction of sp³-hybridized carbons (Fsp3) is 0.188. The number of hydrogen-bond donors (Lipinski definition) is 2. The van der Waals surface area contributed by atoms with Crippen molar-refractivity contribution in [2.24, 2.45) is 0 Å². The van der Waals surface area contributed by atoms with Gasteiger partial charge in [-0.1, -0.05) is 46.9 Å². The molecule has 0 fully saturated rings. The minimum atomic E-state index is -0.939. The lowest BCUT2D eigenvalue weighted by Gasteiger charge is -2.11. The lowest BCUT2D eigenvalue weighted by Crippen LogP contribution is -2.22. The van der Waals surface area contributed by atoms with Gasteiger partial charge in [-0.05, 0) is 31.0 Å². The van der Waals surface area contributed by atoms with Gasteiger partial charge >= 0.3 is 5.97 Å². The highest BCUT2D eigenvalue weighted by Crippen LogP contribution is 2.34. The Morgan fingerprint density at radius 2 is 1.88 bits per heavy atom. The molecule has 0 bridgehead atoms. The van der Waals surface area contributed by atoms with E-state index in [0.717, 1.165) is 11.1 Å². The van der Waals surface area contributed by atoms with Gasteiger partial charge in [0.05, 0.1) is 10.7 Å². The Hall–Kier alpha value is -2.02. The molecular weight excluding hydrogens is 389 g/mol. The molecule has 0 aliphatic carbocycles. The molecule has 1 aromatic heterocycles. The summed E-state index contributed by atoms with van der Waals surface area (Å²) in [7, 11) is 0. The number of carbonyl (C=O) groups excluding carboxylic acids is 2. The van der Waals surface area contributed by atoms with E-state index in [1.807, 2.05) is 26.0 Å². The lowest BCUT2D eigenvalue weighted by atomic mass is 10.1. The van der Waals surface area contributed by atoms with E-state index in [1.165, 1.54) is 0 Å². The molecule has 2 aromatic rings. The molecule has 1 heterocycles. The molecule has 9 heteroatoms. The molecule has 1 amide bonds. The normalized spacial score (nSPS) is 10.4. The molecule has 0 radical (unpaired) electrons. The fourth-order valence-corrected chi connectivity index (χ4v) is 2.52. The third kappa shape index (κ3) is 4.34. The average molecular weight is 403 g/mol. The van der Waals surface area contributed by atoms with Gasteiger partial charge in [-0.3, -0.25) is 4.79 Å². The highest BCUT2D eigenvalue weighted by molar-refractivity contribution is 6.46. The first-order chi connectivity index (χ1) is 11.7. The molecule has 1 aromatic carbocycles. The van der Waals surface area contributed by atoms with Gasteiger partial charge in [-0.25, -0.2) is 9.78 Å².